The molecule has 0 spiro atoms. The Hall–Kier alpha value is -0.390. The van der Waals surface area contributed by atoms with Gasteiger partial charge in [-0.05, 0) is 43.5 Å². The molecule has 0 bridgehead atoms. The lowest BCUT2D eigenvalue weighted by Crippen LogP contribution is -2.28. The van der Waals surface area contributed by atoms with Crippen molar-refractivity contribution in [3.63, 3.8) is 0 Å². The molecule has 1 fully saturated rings. The Bertz CT molecular complexity index is 447. The van der Waals surface area contributed by atoms with Crippen LogP contribution >= 0.6 is 15.9 Å². The monoisotopic (exact) mass is 304 g/mol. The average Bonchev–Trinajstić information content (AvgIpc) is 2.31. The largest absolute Gasteiger partial charge is 0.362 e. The first kappa shape index (κ1) is 12.1. The fraction of sp³-hybridized carbons (Fsp3) is 0.455. The van der Waals surface area contributed by atoms with Gasteiger partial charge in [-0.25, -0.2) is 8.42 Å². The molecular formula is C11H13BrO3S. The molecule has 0 aromatic heterocycles. The summed E-state index contributed by atoms with van der Waals surface area (Å²) < 4.78 is 30.5. The molecule has 1 saturated heterocycles. The number of ether oxygens (including phenoxy) is 1. The van der Waals surface area contributed by atoms with Crippen LogP contribution in [0, 0.1) is 0 Å². The summed E-state index contributed by atoms with van der Waals surface area (Å²) >= 11 is 3.28. The first-order valence-corrected chi connectivity index (χ1v) is 7.56. The fourth-order valence-electron chi connectivity index (χ4n) is 1.73. The molecule has 0 saturated carbocycles. The molecule has 88 valence electrons. The Morgan fingerprint density at radius 1 is 1.19 bits per heavy atom. The summed E-state index contributed by atoms with van der Waals surface area (Å²) in [5, 5.41) is 0. The summed E-state index contributed by atoms with van der Waals surface area (Å²) in [5.74, 6) is 0. The van der Waals surface area contributed by atoms with Gasteiger partial charge in [-0.2, -0.15) is 0 Å². The molecule has 1 atom stereocenters. The minimum Gasteiger partial charge on any atom is -0.362 e. The number of hydrogen-bond acceptors (Lipinski definition) is 3. The highest BCUT2D eigenvalue weighted by Crippen LogP contribution is 2.25. The summed E-state index contributed by atoms with van der Waals surface area (Å²) in [7, 11) is -3.32. The van der Waals surface area contributed by atoms with E-state index in [-0.39, 0.29) is 0 Å². The molecule has 1 aliphatic rings. The molecule has 1 unspecified atom stereocenters. The van der Waals surface area contributed by atoms with Crippen LogP contribution in [-0.2, 0) is 14.6 Å². The lowest BCUT2D eigenvalue weighted by molar-refractivity contribution is 0.0661. The quantitative estimate of drug-likeness (QED) is 0.844. The van der Waals surface area contributed by atoms with Crippen LogP contribution in [-0.4, -0.2) is 20.5 Å². The molecule has 0 radical (unpaired) electrons. The van der Waals surface area contributed by atoms with Crippen LogP contribution in [0.15, 0.2) is 33.6 Å². The summed E-state index contributed by atoms with van der Waals surface area (Å²) in [6.45, 7) is 0.542. The zero-order chi connectivity index (χ0) is 11.6. The molecule has 2 rings (SSSR count). The van der Waals surface area contributed by atoms with Crippen LogP contribution in [0.5, 0.6) is 0 Å². The van der Waals surface area contributed by atoms with Gasteiger partial charge >= 0.3 is 0 Å². The van der Waals surface area contributed by atoms with Crippen molar-refractivity contribution in [3.05, 3.63) is 28.7 Å². The number of sulfone groups is 1. The smallest absolute Gasteiger partial charge is 0.205 e. The average molecular weight is 305 g/mol. The van der Waals surface area contributed by atoms with Gasteiger partial charge in [0.05, 0.1) is 4.90 Å². The van der Waals surface area contributed by atoms with E-state index in [9.17, 15) is 8.42 Å². The van der Waals surface area contributed by atoms with E-state index >= 15 is 0 Å². The second kappa shape index (κ2) is 4.85. The SMILES string of the molecule is O=S(=O)(c1ccc(Br)cc1)C1CCCCO1. The van der Waals surface area contributed by atoms with Gasteiger partial charge in [0.1, 0.15) is 0 Å². The molecule has 16 heavy (non-hydrogen) atoms. The van der Waals surface area contributed by atoms with Crippen molar-refractivity contribution in [2.45, 2.75) is 29.6 Å². The predicted molar refractivity (Wildman–Crippen MR) is 64.9 cm³/mol. The molecule has 0 aliphatic carbocycles. The molecule has 1 heterocycles. The van der Waals surface area contributed by atoms with Crippen molar-refractivity contribution in [3.8, 4) is 0 Å². The van der Waals surface area contributed by atoms with Crippen LogP contribution in [0.4, 0.5) is 0 Å². The van der Waals surface area contributed by atoms with E-state index in [2.05, 4.69) is 15.9 Å². The Morgan fingerprint density at radius 3 is 2.44 bits per heavy atom. The highest BCUT2D eigenvalue weighted by atomic mass is 79.9. The highest BCUT2D eigenvalue weighted by Gasteiger charge is 2.29. The summed E-state index contributed by atoms with van der Waals surface area (Å²) in [4.78, 5) is 0.336. The van der Waals surface area contributed by atoms with Crippen molar-refractivity contribution in [1.82, 2.24) is 0 Å². The summed E-state index contributed by atoms with van der Waals surface area (Å²) in [6, 6.07) is 6.68. The Labute approximate surface area is 104 Å². The maximum Gasteiger partial charge on any atom is 0.205 e. The highest BCUT2D eigenvalue weighted by molar-refractivity contribution is 9.10. The van der Waals surface area contributed by atoms with E-state index in [0.717, 1.165) is 17.3 Å². The first-order chi connectivity index (χ1) is 7.60. The minimum absolute atomic E-state index is 0.336. The molecule has 0 amide bonds. The second-order valence-corrected chi connectivity index (χ2v) is 6.80. The van der Waals surface area contributed by atoms with Crippen molar-refractivity contribution >= 4 is 25.8 Å². The molecule has 1 aliphatic heterocycles. The Morgan fingerprint density at radius 2 is 1.88 bits per heavy atom. The zero-order valence-electron chi connectivity index (χ0n) is 8.73. The maximum atomic E-state index is 12.2. The molecule has 0 N–H and O–H groups in total. The Balaban J connectivity index is 2.27. The lowest BCUT2D eigenvalue weighted by Gasteiger charge is -2.22. The van der Waals surface area contributed by atoms with E-state index in [1.807, 2.05) is 0 Å². The van der Waals surface area contributed by atoms with Crippen LogP contribution < -0.4 is 0 Å². The van der Waals surface area contributed by atoms with Gasteiger partial charge in [0, 0.05) is 11.1 Å². The number of hydrogen-bond donors (Lipinski definition) is 0. The molecular weight excluding hydrogens is 292 g/mol. The third-order valence-electron chi connectivity index (χ3n) is 2.63. The van der Waals surface area contributed by atoms with Gasteiger partial charge in [-0.3, -0.25) is 0 Å². The summed E-state index contributed by atoms with van der Waals surface area (Å²) in [5.41, 5.74) is -0.664. The van der Waals surface area contributed by atoms with E-state index in [1.54, 1.807) is 24.3 Å². The topological polar surface area (TPSA) is 43.4 Å². The predicted octanol–water partition coefficient (Wildman–Crippen LogP) is 2.75. The van der Waals surface area contributed by atoms with Gasteiger partial charge < -0.3 is 4.74 Å². The van der Waals surface area contributed by atoms with E-state index in [0.29, 0.717) is 17.9 Å². The minimum atomic E-state index is -3.32. The van der Waals surface area contributed by atoms with Crippen LogP contribution in [0.3, 0.4) is 0 Å². The molecule has 5 heteroatoms. The van der Waals surface area contributed by atoms with E-state index in [4.69, 9.17) is 4.74 Å². The van der Waals surface area contributed by atoms with Gasteiger partial charge in [0.15, 0.2) is 5.44 Å². The Kier molecular flexibility index (Phi) is 3.66. The van der Waals surface area contributed by atoms with Crippen molar-refractivity contribution in [1.29, 1.82) is 0 Å². The number of rotatable bonds is 2. The number of benzene rings is 1. The van der Waals surface area contributed by atoms with Crippen LogP contribution in [0.2, 0.25) is 0 Å². The van der Waals surface area contributed by atoms with Gasteiger partial charge in [0.2, 0.25) is 9.84 Å². The van der Waals surface area contributed by atoms with Gasteiger partial charge in [-0.15, -0.1) is 0 Å². The van der Waals surface area contributed by atoms with Crippen molar-refractivity contribution in [2.75, 3.05) is 6.61 Å². The standard InChI is InChI=1S/C11H13BrO3S/c12-9-4-6-10(7-5-9)16(13,14)11-3-1-2-8-15-11/h4-7,11H,1-3,8H2. The molecule has 3 nitrogen and oxygen atoms in total. The third-order valence-corrected chi connectivity index (χ3v) is 5.15. The van der Waals surface area contributed by atoms with Crippen LogP contribution in [0.1, 0.15) is 19.3 Å². The lowest BCUT2D eigenvalue weighted by atomic mass is 10.2. The van der Waals surface area contributed by atoms with Crippen molar-refractivity contribution in [2.24, 2.45) is 0 Å². The fourth-order valence-corrected chi connectivity index (χ4v) is 3.57. The number of halogens is 1. The van der Waals surface area contributed by atoms with Crippen LogP contribution in [0.25, 0.3) is 0 Å². The maximum absolute atomic E-state index is 12.2. The van der Waals surface area contributed by atoms with Crippen molar-refractivity contribution < 1.29 is 13.2 Å². The first-order valence-electron chi connectivity index (χ1n) is 5.22. The molecule has 1 aromatic rings. The summed E-state index contributed by atoms with van der Waals surface area (Å²) in [6.07, 6.45) is 2.46. The normalized spacial score (nSPS) is 21.9. The third kappa shape index (κ3) is 2.47. The zero-order valence-corrected chi connectivity index (χ0v) is 11.1. The van der Waals surface area contributed by atoms with Gasteiger partial charge in [-0.1, -0.05) is 15.9 Å². The van der Waals surface area contributed by atoms with E-state index in [1.165, 1.54) is 0 Å². The second-order valence-electron chi connectivity index (χ2n) is 3.80. The van der Waals surface area contributed by atoms with E-state index < -0.39 is 15.3 Å². The van der Waals surface area contributed by atoms with Gasteiger partial charge in [0.25, 0.3) is 0 Å². The molecule has 1 aromatic carbocycles.